The third-order valence-electron chi connectivity index (χ3n) is 2.30. The normalized spacial score (nSPS) is 10.4. The number of aromatic nitrogens is 2. The maximum Gasteiger partial charge on any atom is 0.344 e. The quantitative estimate of drug-likeness (QED) is 0.815. The van der Waals surface area contributed by atoms with Gasteiger partial charge in [0.15, 0.2) is 5.76 Å². The lowest BCUT2D eigenvalue weighted by Crippen LogP contribution is -2.06. The van der Waals surface area contributed by atoms with E-state index in [1.807, 2.05) is 6.07 Å². The number of ether oxygens (including phenoxy) is 1. The second kappa shape index (κ2) is 5.30. The van der Waals surface area contributed by atoms with E-state index in [2.05, 4.69) is 26.1 Å². The molecule has 0 N–H and O–H groups in total. The lowest BCUT2D eigenvalue weighted by molar-refractivity contribution is 0.0526. The van der Waals surface area contributed by atoms with Crippen LogP contribution in [0, 0.1) is 6.92 Å². The van der Waals surface area contributed by atoms with E-state index in [-0.39, 0.29) is 0 Å². The molecule has 0 unspecified atom stereocenters. The van der Waals surface area contributed by atoms with Crippen molar-refractivity contribution in [2.75, 3.05) is 6.61 Å². The average Bonchev–Trinajstić information content (AvgIpc) is 2.72. The van der Waals surface area contributed by atoms with Gasteiger partial charge in [0.05, 0.1) is 12.3 Å². The molecule has 6 heteroatoms. The molecule has 0 fully saturated rings. The zero-order valence-corrected chi connectivity index (χ0v) is 11.5. The number of aryl methyl sites for hydroxylation is 1. The second-order valence-electron chi connectivity index (χ2n) is 3.55. The first-order chi connectivity index (χ1) is 8.63. The minimum atomic E-state index is -0.448. The van der Waals surface area contributed by atoms with Crippen LogP contribution in [0.1, 0.15) is 23.0 Å². The van der Waals surface area contributed by atoms with Crippen molar-refractivity contribution in [3.05, 3.63) is 34.1 Å². The van der Waals surface area contributed by atoms with Crippen molar-refractivity contribution >= 4 is 21.9 Å². The molecule has 5 nitrogen and oxygen atoms in total. The van der Waals surface area contributed by atoms with Gasteiger partial charge in [-0.1, -0.05) is 5.16 Å². The zero-order valence-electron chi connectivity index (χ0n) is 9.94. The van der Waals surface area contributed by atoms with Crippen LogP contribution in [-0.4, -0.2) is 22.7 Å². The number of hydrogen-bond donors (Lipinski definition) is 0. The molecule has 0 aliphatic heterocycles. The van der Waals surface area contributed by atoms with Crippen molar-refractivity contribution < 1.29 is 14.1 Å². The summed E-state index contributed by atoms with van der Waals surface area (Å²) in [5.74, 6) is -0.116. The second-order valence-corrected chi connectivity index (χ2v) is 4.47. The Bertz CT molecular complexity index is 563. The highest BCUT2D eigenvalue weighted by atomic mass is 79.9. The minimum Gasteiger partial charge on any atom is -0.462 e. The molecular weight excluding hydrogens is 300 g/mol. The maximum absolute atomic E-state index is 11.8. The predicted octanol–water partition coefficient (Wildman–Crippen LogP) is 2.98. The Morgan fingerprint density at radius 1 is 1.50 bits per heavy atom. The molecule has 0 saturated carbocycles. The lowest BCUT2D eigenvalue weighted by Gasteiger charge is -2.02. The Balaban J connectivity index is 2.45. The minimum absolute atomic E-state index is 0.302. The molecule has 0 saturated heterocycles. The molecule has 2 aromatic rings. The third kappa shape index (κ3) is 2.43. The number of carbonyl (C=O) groups is 1. The van der Waals surface area contributed by atoms with Gasteiger partial charge in [-0.3, -0.25) is 4.98 Å². The molecule has 0 aliphatic rings. The van der Waals surface area contributed by atoms with Crippen molar-refractivity contribution in [1.82, 2.24) is 10.1 Å². The molecule has 0 aliphatic carbocycles. The molecule has 94 valence electrons. The van der Waals surface area contributed by atoms with Crippen LogP contribution >= 0.6 is 15.9 Å². The summed E-state index contributed by atoms with van der Waals surface area (Å²) in [5.41, 5.74) is 1.36. The SMILES string of the molecule is CCOC(=O)c1c(C)noc1-c1ccc(Br)cn1. The van der Waals surface area contributed by atoms with Crippen LogP contribution in [0.4, 0.5) is 0 Å². The number of pyridine rings is 1. The lowest BCUT2D eigenvalue weighted by atomic mass is 10.1. The number of halogens is 1. The highest BCUT2D eigenvalue weighted by Gasteiger charge is 2.23. The summed E-state index contributed by atoms with van der Waals surface area (Å²) < 4.78 is 11.0. The van der Waals surface area contributed by atoms with E-state index in [4.69, 9.17) is 9.26 Å². The van der Waals surface area contributed by atoms with Crippen molar-refractivity contribution in [2.45, 2.75) is 13.8 Å². The van der Waals surface area contributed by atoms with Gasteiger partial charge >= 0.3 is 5.97 Å². The molecule has 18 heavy (non-hydrogen) atoms. The summed E-state index contributed by atoms with van der Waals surface area (Å²) in [4.78, 5) is 16.0. The average molecular weight is 311 g/mol. The van der Waals surface area contributed by atoms with E-state index in [0.717, 1.165) is 4.47 Å². The van der Waals surface area contributed by atoms with Gasteiger partial charge in [-0.25, -0.2) is 4.79 Å². The van der Waals surface area contributed by atoms with Crippen molar-refractivity contribution in [3.63, 3.8) is 0 Å². The summed E-state index contributed by atoms with van der Waals surface area (Å²) in [5, 5.41) is 3.79. The van der Waals surface area contributed by atoms with E-state index >= 15 is 0 Å². The Labute approximate surface area is 112 Å². The van der Waals surface area contributed by atoms with Gasteiger partial charge in [-0.05, 0) is 41.9 Å². The van der Waals surface area contributed by atoms with Gasteiger partial charge in [0.2, 0.25) is 0 Å². The Morgan fingerprint density at radius 3 is 2.89 bits per heavy atom. The first kappa shape index (κ1) is 12.8. The monoisotopic (exact) mass is 310 g/mol. The highest BCUT2D eigenvalue weighted by molar-refractivity contribution is 9.10. The molecule has 0 bridgehead atoms. The van der Waals surface area contributed by atoms with Gasteiger partial charge in [-0.15, -0.1) is 0 Å². The van der Waals surface area contributed by atoms with Gasteiger partial charge in [0, 0.05) is 10.7 Å². The number of nitrogens with zero attached hydrogens (tertiary/aromatic N) is 2. The summed E-state index contributed by atoms with van der Waals surface area (Å²) in [7, 11) is 0. The third-order valence-corrected chi connectivity index (χ3v) is 2.77. The fourth-order valence-corrected chi connectivity index (χ4v) is 1.73. The number of carbonyl (C=O) groups excluding carboxylic acids is 1. The molecule has 0 amide bonds. The van der Waals surface area contributed by atoms with E-state index in [1.165, 1.54) is 0 Å². The molecule has 2 rings (SSSR count). The molecular formula is C12H11BrN2O3. The fourth-order valence-electron chi connectivity index (χ4n) is 1.50. The zero-order chi connectivity index (χ0) is 13.1. The molecule has 0 atom stereocenters. The number of esters is 1. The Hall–Kier alpha value is -1.69. The van der Waals surface area contributed by atoms with E-state index < -0.39 is 5.97 Å². The summed E-state index contributed by atoms with van der Waals surface area (Å²) in [6.45, 7) is 3.74. The summed E-state index contributed by atoms with van der Waals surface area (Å²) in [6, 6.07) is 3.56. The highest BCUT2D eigenvalue weighted by Crippen LogP contribution is 2.26. The summed E-state index contributed by atoms with van der Waals surface area (Å²) >= 11 is 3.30. The van der Waals surface area contributed by atoms with Gasteiger partial charge in [-0.2, -0.15) is 0 Å². The van der Waals surface area contributed by atoms with Gasteiger partial charge in [0.1, 0.15) is 11.3 Å². The van der Waals surface area contributed by atoms with Crippen molar-refractivity contribution in [1.29, 1.82) is 0 Å². The molecule has 2 heterocycles. The first-order valence-corrected chi connectivity index (χ1v) is 6.18. The van der Waals surface area contributed by atoms with Gasteiger partial charge in [0.25, 0.3) is 0 Å². The number of rotatable bonds is 3. The van der Waals surface area contributed by atoms with E-state index in [1.54, 1.807) is 26.1 Å². The van der Waals surface area contributed by atoms with Crippen LogP contribution in [0.25, 0.3) is 11.5 Å². The predicted molar refractivity (Wildman–Crippen MR) is 68.1 cm³/mol. The summed E-state index contributed by atoms with van der Waals surface area (Å²) in [6.07, 6.45) is 1.63. The standard InChI is InChI=1S/C12H11BrN2O3/c1-3-17-12(16)10-7(2)15-18-11(10)9-5-4-8(13)6-14-9/h4-6H,3H2,1-2H3. The van der Waals surface area contributed by atoms with E-state index in [9.17, 15) is 4.79 Å². The van der Waals surface area contributed by atoms with Crippen LogP contribution in [0.2, 0.25) is 0 Å². The Morgan fingerprint density at radius 2 is 2.28 bits per heavy atom. The van der Waals surface area contributed by atoms with Crippen LogP contribution < -0.4 is 0 Å². The topological polar surface area (TPSA) is 65.2 Å². The van der Waals surface area contributed by atoms with Crippen LogP contribution in [0.3, 0.4) is 0 Å². The maximum atomic E-state index is 11.8. The van der Waals surface area contributed by atoms with Crippen LogP contribution in [0.15, 0.2) is 27.3 Å². The van der Waals surface area contributed by atoms with Crippen LogP contribution in [0.5, 0.6) is 0 Å². The molecule has 0 aromatic carbocycles. The smallest absolute Gasteiger partial charge is 0.344 e. The number of hydrogen-bond acceptors (Lipinski definition) is 5. The fraction of sp³-hybridized carbons (Fsp3) is 0.250. The van der Waals surface area contributed by atoms with Crippen molar-refractivity contribution in [2.24, 2.45) is 0 Å². The molecule has 0 spiro atoms. The molecule has 0 radical (unpaired) electrons. The molecule has 2 aromatic heterocycles. The largest absolute Gasteiger partial charge is 0.462 e. The van der Waals surface area contributed by atoms with Crippen molar-refractivity contribution in [3.8, 4) is 11.5 Å². The van der Waals surface area contributed by atoms with E-state index in [0.29, 0.717) is 29.3 Å². The van der Waals surface area contributed by atoms with Gasteiger partial charge < -0.3 is 9.26 Å². The van der Waals surface area contributed by atoms with Crippen LogP contribution in [-0.2, 0) is 4.74 Å². The Kier molecular flexibility index (Phi) is 3.76. The first-order valence-electron chi connectivity index (χ1n) is 5.38.